The number of rotatable bonds is 4. The highest BCUT2D eigenvalue weighted by Gasteiger charge is 2.21. The fourth-order valence-corrected chi connectivity index (χ4v) is 2.83. The molecule has 0 aliphatic carbocycles. The maximum atomic E-state index is 5.74. The summed E-state index contributed by atoms with van der Waals surface area (Å²) in [7, 11) is 0. The molecule has 1 fully saturated rings. The van der Waals surface area contributed by atoms with Crippen LogP contribution in [0.1, 0.15) is 24.4 Å². The molecule has 0 saturated carbocycles. The lowest BCUT2D eigenvalue weighted by Gasteiger charge is -2.20. The standard InChI is InChI=1S/C16H20N2O/c17-18-16(9-12-7-8-19-11-12)15-6-5-13-3-1-2-4-14(13)10-15/h1-6,10,12,16,18H,7-9,11,17H2. The van der Waals surface area contributed by atoms with Gasteiger partial charge in [-0.2, -0.15) is 0 Å². The molecule has 2 atom stereocenters. The zero-order valence-corrected chi connectivity index (χ0v) is 11.0. The molecule has 19 heavy (non-hydrogen) atoms. The third kappa shape index (κ3) is 2.78. The largest absolute Gasteiger partial charge is 0.381 e. The van der Waals surface area contributed by atoms with E-state index in [4.69, 9.17) is 10.6 Å². The van der Waals surface area contributed by atoms with Crippen LogP contribution < -0.4 is 11.3 Å². The van der Waals surface area contributed by atoms with Crippen molar-refractivity contribution in [2.75, 3.05) is 13.2 Å². The maximum Gasteiger partial charge on any atom is 0.0495 e. The van der Waals surface area contributed by atoms with E-state index in [1.54, 1.807) is 0 Å². The van der Waals surface area contributed by atoms with Crippen molar-refractivity contribution in [1.29, 1.82) is 0 Å². The van der Waals surface area contributed by atoms with Crippen LogP contribution in [-0.4, -0.2) is 13.2 Å². The monoisotopic (exact) mass is 256 g/mol. The number of hydrazine groups is 1. The fourth-order valence-electron chi connectivity index (χ4n) is 2.83. The van der Waals surface area contributed by atoms with Gasteiger partial charge in [0.15, 0.2) is 0 Å². The third-order valence-electron chi connectivity index (χ3n) is 3.97. The van der Waals surface area contributed by atoms with E-state index in [2.05, 4.69) is 47.9 Å². The molecule has 1 heterocycles. The maximum absolute atomic E-state index is 5.74. The van der Waals surface area contributed by atoms with Crippen LogP contribution in [-0.2, 0) is 4.74 Å². The molecule has 100 valence electrons. The van der Waals surface area contributed by atoms with E-state index >= 15 is 0 Å². The van der Waals surface area contributed by atoms with Crippen LogP contribution in [0.15, 0.2) is 42.5 Å². The average molecular weight is 256 g/mol. The number of nitrogens with two attached hydrogens (primary N) is 1. The lowest BCUT2D eigenvalue weighted by Crippen LogP contribution is -2.29. The molecule has 1 aliphatic rings. The molecule has 1 aliphatic heterocycles. The van der Waals surface area contributed by atoms with Crippen molar-refractivity contribution in [2.45, 2.75) is 18.9 Å². The topological polar surface area (TPSA) is 47.3 Å². The van der Waals surface area contributed by atoms with E-state index in [-0.39, 0.29) is 6.04 Å². The van der Waals surface area contributed by atoms with E-state index < -0.39 is 0 Å². The molecule has 2 aromatic carbocycles. The van der Waals surface area contributed by atoms with Gasteiger partial charge in [-0.3, -0.25) is 11.3 Å². The molecule has 1 saturated heterocycles. The van der Waals surface area contributed by atoms with Gasteiger partial charge in [0.05, 0.1) is 0 Å². The van der Waals surface area contributed by atoms with Crippen molar-refractivity contribution in [3.8, 4) is 0 Å². The number of hydrogen-bond donors (Lipinski definition) is 2. The van der Waals surface area contributed by atoms with Crippen molar-refractivity contribution in [3.63, 3.8) is 0 Å². The van der Waals surface area contributed by atoms with Gasteiger partial charge < -0.3 is 4.74 Å². The van der Waals surface area contributed by atoms with Gasteiger partial charge in [-0.1, -0.05) is 36.4 Å². The Morgan fingerprint density at radius 1 is 1.21 bits per heavy atom. The van der Waals surface area contributed by atoms with E-state index in [0.29, 0.717) is 5.92 Å². The first kappa shape index (κ1) is 12.6. The Morgan fingerprint density at radius 3 is 2.79 bits per heavy atom. The summed E-state index contributed by atoms with van der Waals surface area (Å²) >= 11 is 0. The molecule has 2 unspecified atom stereocenters. The van der Waals surface area contributed by atoms with E-state index in [0.717, 1.165) is 26.1 Å². The Kier molecular flexibility index (Phi) is 3.78. The van der Waals surface area contributed by atoms with Crippen LogP contribution in [0.5, 0.6) is 0 Å². The first-order valence-electron chi connectivity index (χ1n) is 6.89. The van der Waals surface area contributed by atoms with E-state index in [9.17, 15) is 0 Å². The van der Waals surface area contributed by atoms with E-state index in [1.165, 1.54) is 16.3 Å². The second-order valence-electron chi connectivity index (χ2n) is 5.29. The van der Waals surface area contributed by atoms with Gasteiger partial charge in [-0.25, -0.2) is 0 Å². The summed E-state index contributed by atoms with van der Waals surface area (Å²) in [5, 5.41) is 2.54. The molecule has 0 spiro atoms. The summed E-state index contributed by atoms with van der Waals surface area (Å²) in [5.41, 5.74) is 4.21. The van der Waals surface area contributed by atoms with Gasteiger partial charge in [0.25, 0.3) is 0 Å². The number of benzene rings is 2. The molecule has 3 nitrogen and oxygen atoms in total. The highest BCUT2D eigenvalue weighted by atomic mass is 16.5. The van der Waals surface area contributed by atoms with Crippen LogP contribution >= 0.6 is 0 Å². The first-order valence-corrected chi connectivity index (χ1v) is 6.89. The predicted molar refractivity (Wildman–Crippen MR) is 77.6 cm³/mol. The highest BCUT2D eigenvalue weighted by molar-refractivity contribution is 5.83. The van der Waals surface area contributed by atoms with Crippen molar-refractivity contribution in [1.82, 2.24) is 5.43 Å². The Bertz CT molecular complexity index is 549. The van der Waals surface area contributed by atoms with Gasteiger partial charge in [0.2, 0.25) is 0 Å². The van der Waals surface area contributed by atoms with Gasteiger partial charge >= 0.3 is 0 Å². The van der Waals surface area contributed by atoms with Gasteiger partial charge in [-0.15, -0.1) is 0 Å². The summed E-state index contributed by atoms with van der Waals surface area (Å²) in [5.74, 6) is 6.35. The van der Waals surface area contributed by atoms with Crippen molar-refractivity contribution in [2.24, 2.45) is 11.8 Å². The van der Waals surface area contributed by atoms with Crippen LogP contribution in [0, 0.1) is 5.92 Å². The summed E-state index contributed by atoms with van der Waals surface area (Å²) in [4.78, 5) is 0. The van der Waals surface area contributed by atoms with Gasteiger partial charge in [-0.05, 0) is 41.2 Å². The van der Waals surface area contributed by atoms with Crippen molar-refractivity contribution in [3.05, 3.63) is 48.0 Å². The minimum Gasteiger partial charge on any atom is -0.381 e. The molecule has 3 heteroatoms. The summed E-state index contributed by atoms with van der Waals surface area (Å²) in [6.45, 7) is 1.76. The smallest absolute Gasteiger partial charge is 0.0495 e. The summed E-state index contributed by atoms with van der Waals surface area (Å²) in [6.07, 6.45) is 2.18. The molecular formula is C16H20N2O. The number of fused-ring (bicyclic) bond motifs is 1. The fraction of sp³-hybridized carbons (Fsp3) is 0.375. The second kappa shape index (κ2) is 5.70. The van der Waals surface area contributed by atoms with Gasteiger partial charge in [0.1, 0.15) is 0 Å². The highest BCUT2D eigenvalue weighted by Crippen LogP contribution is 2.28. The molecular weight excluding hydrogens is 236 g/mol. The molecule has 0 bridgehead atoms. The second-order valence-corrected chi connectivity index (χ2v) is 5.29. The molecule has 3 rings (SSSR count). The first-order chi connectivity index (χ1) is 9.36. The van der Waals surface area contributed by atoms with Crippen LogP contribution in [0.2, 0.25) is 0 Å². The van der Waals surface area contributed by atoms with Crippen LogP contribution in [0.25, 0.3) is 10.8 Å². The third-order valence-corrected chi connectivity index (χ3v) is 3.97. The Labute approximate surface area is 113 Å². The number of nitrogens with one attached hydrogen (secondary N) is 1. The number of hydrogen-bond acceptors (Lipinski definition) is 3. The molecule has 2 aromatic rings. The van der Waals surface area contributed by atoms with Gasteiger partial charge in [0, 0.05) is 19.3 Å². The SMILES string of the molecule is NNC(CC1CCOC1)c1ccc2ccccc2c1. The van der Waals surface area contributed by atoms with Crippen molar-refractivity contribution < 1.29 is 4.74 Å². The quantitative estimate of drug-likeness (QED) is 0.653. The van der Waals surface area contributed by atoms with Crippen molar-refractivity contribution >= 4 is 10.8 Å². The molecule has 0 radical (unpaired) electrons. The Hall–Kier alpha value is -1.42. The van der Waals surface area contributed by atoms with Crippen LogP contribution in [0.3, 0.4) is 0 Å². The van der Waals surface area contributed by atoms with E-state index in [1.807, 2.05) is 0 Å². The van der Waals surface area contributed by atoms with Crippen LogP contribution in [0.4, 0.5) is 0 Å². The molecule has 0 amide bonds. The Morgan fingerprint density at radius 2 is 2.05 bits per heavy atom. The molecule has 3 N–H and O–H groups in total. The summed E-state index contributed by atoms with van der Waals surface area (Å²) in [6, 6.07) is 15.2. The Balaban J connectivity index is 1.83. The summed E-state index contributed by atoms with van der Waals surface area (Å²) < 4.78 is 5.44. The molecule has 0 aromatic heterocycles. The normalized spacial score (nSPS) is 20.8. The lowest BCUT2D eigenvalue weighted by atomic mass is 9.93. The number of ether oxygens (including phenoxy) is 1. The lowest BCUT2D eigenvalue weighted by molar-refractivity contribution is 0.181. The minimum atomic E-state index is 0.205. The predicted octanol–water partition coefficient (Wildman–Crippen LogP) is 2.77. The zero-order chi connectivity index (χ0) is 13.1. The average Bonchev–Trinajstić information content (AvgIpc) is 2.97. The zero-order valence-electron chi connectivity index (χ0n) is 11.0. The minimum absolute atomic E-state index is 0.205.